The van der Waals surface area contributed by atoms with Gasteiger partial charge >= 0.3 is 0 Å². The Hall–Kier alpha value is -6.20. The molecule has 0 atom stereocenters. The molecule has 0 aliphatic heterocycles. The van der Waals surface area contributed by atoms with E-state index in [1.54, 1.807) is 0 Å². The Kier molecular flexibility index (Phi) is 5.74. The topological polar surface area (TPSA) is 64.7 Å². The Morgan fingerprint density at radius 3 is 2.04 bits per heavy atom. The molecule has 9 rings (SSSR count). The lowest BCUT2D eigenvalue weighted by Gasteiger charge is -2.10. The second-order valence-electron chi connectivity index (χ2n) is 11.1. The summed E-state index contributed by atoms with van der Waals surface area (Å²) in [5.41, 5.74) is 10.0. The van der Waals surface area contributed by atoms with Gasteiger partial charge in [0.1, 0.15) is 11.2 Å². The smallest absolute Gasteiger partial charge is 0.160 e. The third kappa shape index (κ3) is 4.33. The summed E-state index contributed by atoms with van der Waals surface area (Å²) in [4.78, 5) is 19.8. The normalized spacial score (nSPS) is 11.6. The van der Waals surface area contributed by atoms with Gasteiger partial charge in [0.15, 0.2) is 5.82 Å². The fourth-order valence-corrected chi connectivity index (χ4v) is 6.14. The van der Waals surface area contributed by atoms with Crippen LogP contribution in [-0.2, 0) is 0 Å². The van der Waals surface area contributed by atoms with E-state index < -0.39 is 0 Å². The van der Waals surface area contributed by atoms with Gasteiger partial charge in [-0.25, -0.2) is 15.0 Å². The summed E-state index contributed by atoms with van der Waals surface area (Å²) in [5.74, 6) is 0.679. The predicted octanol–water partition coefficient (Wildman–Crippen LogP) is 10.1. The maximum Gasteiger partial charge on any atom is 0.160 e. The molecule has 9 aromatic rings. The van der Waals surface area contributed by atoms with E-state index in [-0.39, 0.29) is 0 Å². The van der Waals surface area contributed by atoms with Gasteiger partial charge in [0.05, 0.1) is 28.1 Å². The van der Waals surface area contributed by atoms with Crippen LogP contribution in [0, 0.1) is 0 Å². The zero-order valence-electron chi connectivity index (χ0n) is 24.1. The van der Waals surface area contributed by atoms with Gasteiger partial charge in [0.25, 0.3) is 0 Å². The Balaban J connectivity index is 1.26. The highest BCUT2D eigenvalue weighted by Crippen LogP contribution is 2.39. The summed E-state index contributed by atoms with van der Waals surface area (Å²) < 4.78 is 6.39. The summed E-state index contributed by atoms with van der Waals surface area (Å²) in [5, 5.41) is 4.16. The fraction of sp³-hybridized carbons (Fsp3) is 0. The molecule has 0 amide bonds. The van der Waals surface area contributed by atoms with E-state index in [2.05, 4.69) is 71.7 Å². The number of benzene rings is 5. The minimum Gasteiger partial charge on any atom is -0.456 e. The molecule has 45 heavy (non-hydrogen) atoms. The second kappa shape index (κ2) is 10.2. The number of hydrogen-bond donors (Lipinski definition) is 0. The van der Waals surface area contributed by atoms with E-state index in [4.69, 9.17) is 19.4 Å². The summed E-state index contributed by atoms with van der Waals surface area (Å²) in [7, 11) is 0. The Bertz CT molecular complexity index is 2480. The molecule has 0 aliphatic carbocycles. The minimum atomic E-state index is 0.679. The van der Waals surface area contributed by atoms with Crippen LogP contribution < -0.4 is 0 Å². The molecule has 5 nitrogen and oxygen atoms in total. The number of hydrogen-bond acceptors (Lipinski definition) is 5. The van der Waals surface area contributed by atoms with Gasteiger partial charge in [-0.2, -0.15) is 0 Å². The van der Waals surface area contributed by atoms with E-state index in [1.165, 1.54) is 0 Å². The highest BCUT2D eigenvalue weighted by atomic mass is 16.3. The summed E-state index contributed by atoms with van der Waals surface area (Å²) in [6, 6.07) is 47.3. The average Bonchev–Trinajstić information content (AvgIpc) is 3.50. The van der Waals surface area contributed by atoms with Crippen molar-refractivity contribution in [1.29, 1.82) is 0 Å². The van der Waals surface area contributed by atoms with Crippen LogP contribution in [0.25, 0.3) is 88.9 Å². The van der Waals surface area contributed by atoms with Crippen LogP contribution in [0.5, 0.6) is 0 Å². The second-order valence-corrected chi connectivity index (χ2v) is 11.1. The largest absolute Gasteiger partial charge is 0.456 e. The summed E-state index contributed by atoms with van der Waals surface area (Å²) in [6.07, 6.45) is 1.82. The summed E-state index contributed by atoms with van der Waals surface area (Å²) >= 11 is 0. The zero-order valence-corrected chi connectivity index (χ0v) is 24.1. The number of nitrogens with zero attached hydrogens (tertiary/aromatic N) is 4. The lowest BCUT2D eigenvalue weighted by atomic mass is 9.99. The molecule has 0 aliphatic rings. The number of pyridine rings is 2. The van der Waals surface area contributed by atoms with Crippen molar-refractivity contribution in [1.82, 2.24) is 19.9 Å². The van der Waals surface area contributed by atoms with Gasteiger partial charge in [-0.3, -0.25) is 4.98 Å². The van der Waals surface area contributed by atoms with Crippen LogP contribution in [-0.4, -0.2) is 19.9 Å². The fourth-order valence-electron chi connectivity index (χ4n) is 6.14. The highest BCUT2D eigenvalue weighted by molar-refractivity contribution is 6.13. The van der Waals surface area contributed by atoms with Gasteiger partial charge < -0.3 is 4.42 Å². The van der Waals surface area contributed by atoms with Crippen molar-refractivity contribution < 1.29 is 4.42 Å². The van der Waals surface area contributed by atoms with Crippen molar-refractivity contribution >= 4 is 43.7 Å². The molecule has 5 heteroatoms. The van der Waals surface area contributed by atoms with E-state index >= 15 is 0 Å². The highest BCUT2D eigenvalue weighted by Gasteiger charge is 2.17. The van der Waals surface area contributed by atoms with Gasteiger partial charge in [0.2, 0.25) is 0 Å². The Morgan fingerprint density at radius 1 is 0.444 bits per heavy atom. The van der Waals surface area contributed by atoms with Crippen molar-refractivity contribution in [3.8, 4) is 45.2 Å². The Labute approximate surface area is 258 Å². The molecular weight excluding hydrogens is 552 g/mol. The van der Waals surface area contributed by atoms with Crippen molar-refractivity contribution in [3.05, 3.63) is 146 Å². The molecule has 0 spiro atoms. The van der Waals surface area contributed by atoms with Crippen molar-refractivity contribution in [3.63, 3.8) is 0 Å². The zero-order chi connectivity index (χ0) is 29.7. The number of aromatic nitrogens is 4. The Morgan fingerprint density at radius 2 is 1.20 bits per heavy atom. The molecular formula is C40H24N4O. The first kappa shape index (κ1) is 25.3. The van der Waals surface area contributed by atoms with Gasteiger partial charge in [0, 0.05) is 50.0 Å². The van der Waals surface area contributed by atoms with Gasteiger partial charge in [-0.15, -0.1) is 0 Å². The molecule has 0 fully saturated rings. The standard InChI is InChI=1S/C40H24N4O/c1-3-9-25(10-4-1)33-24-34(44-40(43-33)28-11-5-2-6-12-28)30-14-7-15-36-37(30)31-23-29(19-21-35(31)45-36)32-20-18-27-17-16-26-13-8-22-41-38(26)39(27)42-32/h1-24H. The van der Waals surface area contributed by atoms with E-state index in [9.17, 15) is 0 Å². The van der Waals surface area contributed by atoms with Crippen LogP contribution in [0.4, 0.5) is 0 Å². The van der Waals surface area contributed by atoms with Gasteiger partial charge in [-0.1, -0.05) is 97.1 Å². The van der Waals surface area contributed by atoms with Crippen LogP contribution in [0.15, 0.2) is 150 Å². The van der Waals surface area contributed by atoms with E-state index in [0.717, 1.165) is 83.1 Å². The molecule has 0 unspecified atom stereocenters. The molecule has 210 valence electrons. The SMILES string of the molecule is c1ccc(-c2cc(-c3cccc4oc5ccc(-c6ccc7ccc8cccnc8c7n6)cc5c34)nc(-c3ccccc3)n2)cc1. The minimum absolute atomic E-state index is 0.679. The molecule has 4 aromatic heterocycles. The predicted molar refractivity (Wildman–Crippen MR) is 182 cm³/mol. The first-order valence-corrected chi connectivity index (χ1v) is 14.9. The molecule has 4 heterocycles. The van der Waals surface area contributed by atoms with Crippen LogP contribution >= 0.6 is 0 Å². The van der Waals surface area contributed by atoms with Crippen LogP contribution in [0.2, 0.25) is 0 Å². The molecule has 5 aromatic carbocycles. The maximum absolute atomic E-state index is 6.39. The third-order valence-electron chi connectivity index (χ3n) is 8.33. The summed E-state index contributed by atoms with van der Waals surface area (Å²) in [6.45, 7) is 0. The molecule has 0 saturated carbocycles. The molecule has 0 N–H and O–H groups in total. The molecule has 0 saturated heterocycles. The van der Waals surface area contributed by atoms with Crippen LogP contribution in [0.3, 0.4) is 0 Å². The first-order valence-electron chi connectivity index (χ1n) is 14.9. The van der Waals surface area contributed by atoms with E-state index in [1.807, 2.05) is 79.0 Å². The van der Waals surface area contributed by atoms with Crippen molar-refractivity contribution in [2.75, 3.05) is 0 Å². The first-order chi connectivity index (χ1) is 22.3. The van der Waals surface area contributed by atoms with Crippen LogP contribution in [0.1, 0.15) is 0 Å². The van der Waals surface area contributed by atoms with Crippen molar-refractivity contribution in [2.24, 2.45) is 0 Å². The van der Waals surface area contributed by atoms with Crippen molar-refractivity contribution in [2.45, 2.75) is 0 Å². The number of rotatable bonds is 4. The quantitative estimate of drug-likeness (QED) is 0.195. The third-order valence-corrected chi connectivity index (χ3v) is 8.33. The average molecular weight is 577 g/mol. The monoisotopic (exact) mass is 576 g/mol. The number of fused-ring (bicyclic) bond motifs is 6. The molecule has 0 radical (unpaired) electrons. The van der Waals surface area contributed by atoms with E-state index in [0.29, 0.717) is 5.82 Å². The maximum atomic E-state index is 6.39. The lowest BCUT2D eigenvalue weighted by Crippen LogP contribution is -1.96. The lowest BCUT2D eigenvalue weighted by molar-refractivity contribution is 0.669. The number of furan rings is 1. The van der Waals surface area contributed by atoms with Gasteiger partial charge in [-0.05, 0) is 42.5 Å². The molecule has 0 bridgehead atoms.